The van der Waals surface area contributed by atoms with Crippen LogP contribution in [-0.2, 0) is 9.84 Å². The first kappa shape index (κ1) is 13.9. The van der Waals surface area contributed by atoms with Crippen molar-refractivity contribution in [3.63, 3.8) is 0 Å². The fourth-order valence-corrected chi connectivity index (χ4v) is 2.24. The monoisotopic (exact) mass is 288 g/mol. The molecule has 0 aliphatic rings. The van der Waals surface area contributed by atoms with Gasteiger partial charge in [0.05, 0.1) is 16.1 Å². The van der Waals surface area contributed by atoms with E-state index in [4.69, 9.17) is 15.7 Å². The zero-order valence-electron chi connectivity index (χ0n) is 10.7. The van der Waals surface area contributed by atoms with E-state index in [1.165, 1.54) is 24.3 Å². The Labute approximate surface area is 117 Å². The Kier molecular flexibility index (Phi) is 3.63. The summed E-state index contributed by atoms with van der Waals surface area (Å²) in [6.45, 7) is 0. The maximum absolute atomic E-state index is 11.3. The zero-order chi connectivity index (χ0) is 14.8. The number of hydrogen-bond acceptors (Lipinski definition) is 5. The van der Waals surface area contributed by atoms with Gasteiger partial charge in [0.2, 0.25) is 0 Å². The molecule has 102 valence electrons. The molecular weight excluding hydrogens is 276 g/mol. The third-order valence-corrected chi connectivity index (χ3v) is 3.79. The SMILES string of the molecule is CS(=O)(=O)c1ccc(Oc2cccc(C#N)c2N)cc1. The number of nitrogens with zero attached hydrogens (tertiary/aromatic N) is 1. The molecule has 0 amide bonds. The Hall–Kier alpha value is -2.52. The minimum Gasteiger partial charge on any atom is -0.455 e. The molecule has 0 atom stereocenters. The van der Waals surface area contributed by atoms with E-state index < -0.39 is 9.84 Å². The molecule has 2 N–H and O–H groups in total. The van der Waals surface area contributed by atoms with Gasteiger partial charge < -0.3 is 10.5 Å². The molecule has 0 heterocycles. The summed E-state index contributed by atoms with van der Waals surface area (Å²) in [5, 5.41) is 8.88. The Morgan fingerprint density at radius 2 is 1.80 bits per heavy atom. The number of hydrogen-bond donors (Lipinski definition) is 1. The summed E-state index contributed by atoms with van der Waals surface area (Å²) in [5.41, 5.74) is 6.38. The standard InChI is InChI=1S/C14H12N2O3S/c1-20(17,18)12-7-5-11(6-8-12)19-13-4-2-3-10(9-15)14(13)16/h2-8H,16H2,1H3. The summed E-state index contributed by atoms with van der Waals surface area (Å²) < 4.78 is 28.2. The highest BCUT2D eigenvalue weighted by molar-refractivity contribution is 7.90. The van der Waals surface area contributed by atoms with Crippen molar-refractivity contribution in [3.8, 4) is 17.6 Å². The molecule has 0 saturated carbocycles. The van der Waals surface area contributed by atoms with Crippen LogP contribution in [0.4, 0.5) is 5.69 Å². The van der Waals surface area contributed by atoms with Crippen molar-refractivity contribution in [3.05, 3.63) is 48.0 Å². The van der Waals surface area contributed by atoms with Gasteiger partial charge in [-0.05, 0) is 36.4 Å². The van der Waals surface area contributed by atoms with Gasteiger partial charge in [-0.3, -0.25) is 0 Å². The average Bonchev–Trinajstić information content (AvgIpc) is 2.41. The van der Waals surface area contributed by atoms with E-state index in [-0.39, 0.29) is 10.6 Å². The second-order valence-corrected chi connectivity index (χ2v) is 6.19. The molecule has 6 heteroatoms. The summed E-state index contributed by atoms with van der Waals surface area (Å²) in [4.78, 5) is 0.212. The van der Waals surface area contributed by atoms with Crippen LogP contribution in [0, 0.1) is 11.3 Å². The number of sulfone groups is 1. The number of rotatable bonds is 3. The number of nitrogen functional groups attached to an aromatic ring is 1. The average molecular weight is 288 g/mol. The van der Waals surface area contributed by atoms with E-state index in [0.717, 1.165) is 6.26 Å². The normalized spacial score (nSPS) is 10.8. The Bertz CT molecular complexity index is 775. The van der Waals surface area contributed by atoms with Crippen LogP contribution in [0.25, 0.3) is 0 Å². The number of benzene rings is 2. The molecule has 5 nitrogen and oxygen atoms in total. The lowest BCUT2D eigenvalue weighted by atomic mass is 10.2. The highest BCUT2D eigenvalue weighted by Crippen LogP contribution is 2.30. The molecule has 2 aromatic carbocycles. The lowest BCUT2D eigenvalue weighted by molar-refractivity contribution is 0.484. The first-order valence-corrected chi connectivity index (χ1v) is 7.57. The van der Waals surface area contributed by atoms with Crippen LogP contribution in [0.3, 0.4) is 0 Å². The van der Waals surface area contributed by atoms with Crippen LogP contribution in [0.5, 0.6) is 11.5 Å². The summed E-state index contributed by atoms with van der Waals surface area (Å²) in [6, 6.07) is 12.8. The third kappa shape index (κ3) is 2.90. The van der Waals surface area contributed by atoms with Gasteiger partial charge in [-0.15, -0.1) is 0 Å². The number of nitrogens with two attached hydrogens (primary N) is 1. The van der Waals surface area contributed by atoms with Crippen molar-refractivity contribution >= 4 is 15.5 Å². The van der Waals surface area contributed by atoms with Crippen LogP contribution in [-0.4, -0.2) is 14.7 Å². The minimum atomic E-state index is -3.23. The molecule has 0 spiro atoms. The maximum atomic E-state index is 11.3. The highest BCUT2D eigenvalue weighted by Gasteiger charge is 2.09. The second kappa shape index (κ2) is 5.23. The molecule has 0 saturated heterocycles. The summed E-state index contributed by atoms with van der Waals surface area (Å²) >= 11 is 0. The van der Waals surface area contributed by atoms with Gasteiger partial charge in [-0.2, -0.15) is 5.26 Å². The molecule has 2 rings (SSSR count). The van der Waals surface area contributed by atoms with Crippen LogP contribution < -0.4 is 10.5 Å². The van der Waals surface area contributed by atoms with E-state index in [1.807, 2.05) is 6.07 Å². The summed E-state index contributed by atoms with van der Waals surface area (Å²) in [7, 11) is -3.23. The zero-order valence-corrected chi connectivity index (χ0v) is 11.5. The van der Waals surface area contributed by atoms with Crippen molar-refractivity contribution < 1.29 is 13.2 Å². The number of anilines is 1. The predicted molar refractivity (Wildman–Crippen MR) is 75.2 cm³/mol. The van der Waals surface area contributed by atoms with E-state index in [9.17, 15) is 8.42 Å². The van der Waals surface area contributed by atoms with Gasteiger partial charge in [0, 0.05) is 6.26 Å². The lowest BCUT2D eigenvalue weighted by Gasteiger charge is -2.09. The molecule has 0 radical (unpaired) electrons. The molecule has 0 aliphatic carbocycles. The Morgan fingerprint density at radius 3 is 2.35 bits per heavy atom. The molecular formula is C14H12N2O3S. The molecule has 0 aromatic heterocycles. The van der Waals surface area contributed by atoms with Crippen LogP contribution in [0.1, 0.15) is 5.56 Å². The van der Waals surface area contributed by atoms with Crippen molar-refractivity contribution in [2.24, 2.45) is 0 Å². The highest BCUT2D eigenvalue weighted by atomic mass is 32.2. The molecule has 2 aromatic rings. The van der Waals surface area contributed by atoms with Gasteiger partial charge >= 0.3 is 0 Å². The van der Waals surface area contributed by atoms with Crippen molar-refractivity contribution in [2.45, 2.75) is 4.90 Å². The molecule has 0 unspecified atom stereocenters. The van der Waals surface area contributed by atoms with Gasteiger partial charge in [0.25, 0.3) is 0 Å². The van der Waals surface area contributed by atoms with Crippen molar-refractivity contribution in [2.75, 3.05) is 12.0 Å². The van der Waals surface area contributed by atoms with Gasteiger partial charge in [-0.25, -0.2) is 8.42 Å². The fourth-order valence-electron chi connectivity index (χ4n) is 1.61. The van der Waals surface area contributed by atoms with Crippen molar-refractivity contribution in [1.29, 1.82) is 5.26 Å². The quantitative estimate of drug-likeness (QED) is 0.875. The van der Waals surface area contributed by atoms with Crippen LogP contribution in [0.2, 0.25) is 0 Å². The largest absolute Gasteiger partial charge is 0.455 e. The summed E-state index contributed by atoms with van der Waals surface area (Å²) in [6.07, 6.45) is 1.14. The smallest absolute Gasteiger partial charge is 0.175 e. The second-order valence-electron chi connectivity index (χ2n) is 4.17. The first-order valence-electron chi connectivity index (χ1n) is 5.68. The maximum Gasteiger partial charge on any atom is 0.175 e. The molecule has 0 bridgehead atoms. The molecule has 0 aliphatic heterocycles. The fraction of sp³-hybridized carbons (Fsp3) is 0.0714. The van der Waals surface area contributed by atoms with Crippen LogP contribution in [0.15, 0.2) is 47.4 Å². The van der Waals surface area contributed by atoms with E-state index >= 15 is 0 Å². The van der Waals surface area contributed by atoms with Gasteiger partial charge in [0.1, 0.15) is 11.8 Å². The third-order valence-electron chi connectivity index (χ3n) is 2.67. The molecule has 20 heavy (non-hydrogen) atoms. The number of ether oxygens (including phenoxy) is 1. The van der Waals surface area contributed by atoms with Crippen LogP contribution >= 0.6 is 0 Å². The lowest BCUT2D eigenvalue weighted by Crippen LogP contribution is -1.97. The van der Waals surface area contributed by atoms with E-state index in [0.29, 0.717) is 17.1 Å². The Balaban J connectivity index is 2.30. The van der Waals surface area contributed by atoms with Gasteiger partial charge in [-0.1, -0.05) is 6.07 Å². The molecule has 0 fully saturated rings. The number of nitriles is 1. The van der Waals surface area contributed by atoms with Crippen molar-refractivity contribution in [1.82, 2.24) is 0 Å². The van der Waals surface area contributed by atoms with E-state index in [1.54, 1.807) is 18.2 Å². The van der Waals surface area contributed by atoms with E-state index in [2.05, 4.69) is 0 Å². The number of para-hydroxylation sites is 1. The predicted octanol–water partition coefficient (Wildman–Crippen LogP) is 2.34. The first-order chi connectivity index (χ1) is 9.41. The van der Waals surface area contributed by atoms with Gasteiger partial charge in [0.15, 0.2) is 15.6 Å². The topological polar surface area (TPSA) is 93.2 Å². The minimum absolute atomic E-state index is 0.212. The summed E-state index contributed by atoms with van der Waals surface area (Å²) in [5.74, 6) is 0.801. The Morgan fingerprint density at radius 1 is 1.15 bits per heavy atom.